The van der Waals surface area contributed by atoms with Crippen molar-refractivity contribution in [2.45, 2.75) is 13.5 Å². The van der Waals surface area contributed by atoms with Gasteiger partial charge in [-0.1, -0.05) is 12.1 Å². The van der Waals surface area contributed by atoms with Crippen molar-refractivity contribution < 1.29 is 18.6 Å². The van der Waals surface area contributed by atoms with Crippen molar-refractivity contribution in [3.8, 4) is 17.2 Å². The van der Waals surface area contributed by atoms with Crippen LogP contribution in [0.3, 0.4) is 0 Å². The molecule has 0 spiro atoms. The number of ether oxygens (including phenoxy) is 3. The molecule has 3 rings (SSSR count). The Labute approximate surface area is 122 Å². The normalized spacial score (nSPS) is 12.3. The number of rotatable bonds is 4. The molecule has 1 heterocycles. The number of hydrogen-bond donors (Lipinski definition) is 1. The van der Waals surface area contributed by atoms with Gasteiger partial charge in [0.05, 0.1) is 12.8 Å². The van der Waals surface area contributed by atoms with Crippen LogP contribution in [0.5, 0.6) is 17.2 Å². The van der Waals surface area contributed by atoms with Crippen LogP contribution < -0.4 is 19.5 Å². The zero-order valence-electron chi connectivity index (χ0n) is 11.9. The third-order valence-electron chi connectivity index (χ3n) is 3.41. The number of nitrogens with one attached hydrogen (secondary N) is 1. The molecule has 0 radical (unpaired) electrons. The van der Waals surface area contributed by atoms with Crippen LogP contribution in [0.1, 0.15) is 11.1 Å². The Morgan fingerprint density at radius 1 is 1.29 bits per heavy atom. The highest BCUT2D eigenvalue weighted by Crippen LogP contribution is 2.41. The van der Waals surface area contributed by atoms with Gasteiger partial charge in [0.1, 0.15) is 5.82 Å². The highest BCUT2D eigenvalue weighted by atomic mass is 19.1. The van der Waals surface area contributed by atoms with E-state index < -0.39 is 0 Å². The fourth-order valence-corrected chi connectivity index (χ4v) is 2.33. The van der Waals surface area contributed by atoms with Gasteiger partial charge < -0.3 is 19.5 Å². The summed E-state index contributed by atoms with van der Waals surface area (Å²) in [5.41, 5.74) is 2.30. The molecule has 0 aliphatic carbocycles. The highest BCUT2D eigenvalue weighted by molar-refractivity contribution is 5.57. The quantitative estimate of drug-likeness (QED) is 0.935. The molecule has 0 atom stereocenters. The lowest BCUT2D eigenvalue weighted by Crippen LogP contribution is -2.03. The van der Waals surface area contributed by atoms with Crippen LogP contribution in [0.25, 0.3) is 0 Å². The van der Waals surface area contributed by atoms with E-state index in [0.717, 1.165) is 11.1 Å². The summed E-state index contributed by atoms with van der Waals surface area (Å²) in [6.45, 7) is 2.52. The fourth-order valence-electron chi connectivity index (χ4n) is 2.33. The van der Waals surface area contributed by atoms with E-state index in [1.807, 2.05) is 25.1 Å². The van der Waals surface area contributed by atoms with Gasteiger partial charge in [-0.05, 0) is 36.2 Å². The molecule has 110 valence electrons. The maximum absolute atomic E-state index is 13.8. The Morgan fingerprint density at radius 2 is 2.14 bits per heavy atom. The fraction of sp³-hybridized carbons (Fsp3) is 0.250. The average Bonchev–Trinajstić information content (AvgIpc) is 2.94. The van der Waals surface area contributed by atoms with Gasteiger partial charge in [0.15, 0.2) is 11.5 Å². The lowest BCUT2D eigenvalue weighted by Gasteiger charge is -2.12. The number of anilines is 1. The number of halogens is 1. The molecule has 21 heavy (non-hydrogen) atoms. The van der Waals surface area contributed by atoms with E-state index in [1.165, 1.54) is 6.07 Å². The molecule has 1 N–H and O–H groups in total. The molecular weight excluding hydrogens is 273 g/mol. The van der Waals surface area contributed by atoms with Crippen molar-refractivity contribution >= 4 is 5.69 Å². The lowest BCUT2D eigenvalue weighted by molar-refractivity contribution is 0.171. The molecule has 0 fully saturated rings. The second-order valence-corrected chi connectivity index (χ2v) is 4.82. The van der Waals surface area contributed by atoms with E-state index in [4.69, 9.17) is 14.2 Å². The van der Waals surface area contributed by atoms with Crippen molar-refractivity contribution in [2.24, 2.45) is 0 Å². The zero-order valence-corrected chi connectivity index (χ0v) is 11.9. The van der Waals surface area contributed by atoms with Crippen molar-refractivity contribution in [3.63, 3.8) is 0 Å². The van der Waals surface area contributed by atoms with Gasteiger partial charge in [-0.25, -0.2) is 4.39 Å². The molecular formula is C16H16FNO3. The number of benzene rings is 2. The van der Waals surface area contributed by atoms with Crippen LogP contribution in [0.4, 0.5) is 10.1 Å². The van der Waals surface area contributed by atoms with Crippen molar-refractivity contribution in [2.75, 3.05) is 19.2 Å². The van der Waals surface area contributed by atoms with E-state index in [0.29, 0.717) is 29.5 Å². The van der Waals surface area contributed by atoms with E-state index in [-0.39, 0.29) is 12.6 Å². The van der Waals surface area contributed by atoms with Gasteiger partial charge in [-0.15, -0.1) is 0 Å². The number of hydrogen-bond acceptors (Lipinski definition) is 4. The van der Waals surface area contributed by atoms with E-state index in [2.05, 4.69) is 5.32 Å². The van der Waals surface area contributed by atoms with Gasteiger partial charge in [-0.2, -0.15) is 0 Å². The number of methoxy groups -OCH3 is 1. The van der Waals surface area contributed by atoms with Crippen LogP contribution in [0.15, 0.2) is 30.3 Å². The molecule has 0 saturated heterocycles. The van der Waals surface area contributed by atoms with Gasteiger partial charge in [0.25, 0.3) is 0 Å². The topological polar surface area (TPSA) is 39.7 Å². The van der Waals surface area contributed by atoms with Gasteiger partial charge in [0.2, 0.25) is 12.5 Å². The Morgan fingerprint density at radius 3 is 2.90 bits per heavy atom. The largest absolute Gasteiger partial charge is 0.493 e. The summed E-state index contributed by atoms with van der Waals surface area (Å²) < 4.78 is 29.8. The molecule has 2 aromatic rings. The molecule has 0 unspecified atom stereocenters. The first kappa shape index (κ1) is 13.5. The standard InChI is InChI=1S/C16H16FNO3/c1-10-4-3-5-12(17)15(10)18-8-11-6-13(19-2)16-14(7-11)20-9-21-16/h3-7,18H,8-9H2,1-2H3. The molecule has 1 aliphatic rings. The number of para-hydroxylation sites is 1. The summed E-state index contributed by atoms with van der Waals surface area (Å²) in [4.78, 5) is 0. The second kappa shape index (κ2) is 5.52. The molecule has 0 aromatic heterocycles. The summed E-state index contributed by atoms with van der Waals surface area (Å²) >= 11 is 0. The Balaban J connectivity index is 1.83. The first-order chi connectivity index (χ1) is 10.2. The molecule has 1 aliphatic heterocycles. The van der Waals surface area contributed by atoms with Gasteiger partial charge in [-0.3, -0.25) is 0 Å². The van der Waals surface area contributed by atoms with Crippen LogP contribution in [-0.2, 0) is 6.54 Å². The monoisotopic (exact) mass is 289 g/mol. The van der Waals surface area contributed by atoms with Gasteiger partial charge in [0, 0.05) is 6.54 Å². The molecule has 0 saturated carbocycles. The highest BCUT2D eigenvalue weighted by Gasteiger charge is 2.20. The zero-order chi connectivity index (χ0) is 14.8. The molecule has 0 amide bonds. The first-order valence-corrected chi connectivity index (χ1v) is 6.64. The summed E-state index contributed by atoms with van der Waals surface area (Å²) in [7, 11) is 1.58. The summed E-state index contributed by atoms with van der Waals surface area (Å²) in [6.07, 6.45) is 0. The van der Waals surface area contributed by atoms with Crippen LogP contribution >= 0.6 is 0 Å². The Hall–Kier alpha value is -2.43. The maximum atomic E-state index is 13.8. The first-order valence-electron chi connectivity index (χ1n) is 6.64. The Kier molecular flexibility index (Phi) is 3.56. The van der Waals surface area contributed by atoms with E-state index in [1.54, 1.807) is 13.2 Å². The molecule has 5 heteroatoms. The van der Waals surface area contributed by atoms with Crippen LogP contribution in [-0.4, -0.2) is 13.9 Å². The third-order valence-corrected chi connectivity index (χ3v) is 3.41. The second-order valence-electron chi connectivity index (χ2n) is 4.82. The summed E-state index contributed by atoms with van der Waals surface area (Å²) in [5, 5.41) is 3.11. The molecule has 4 nitrogen and oxygen atoms in total. The summed E-state index contributed by atoms with van der Waals surface area (Å²) in [5.74, 6) is 1.62. The predicted molar refractivity (Wildman–Crippen MR) is 77.6 cm³/mol. The van der Waals surface area contributed by atoms with Crippen molar-refractivity contribution in [1.82, 2.24) is 0 Å². The predicted octanol–water partition coefficient (Wildman–Crippen LogP) is 3.48. The van der Waals surface area contributed by atoms with Crippen molar-refractivity contribution in [3.05, 3.63) is 47.3 Å². The van der Waals surface area contributed by atoms with Crippen LogP contribution in [0.2, 0.25) is 0 Å². The average molecular weight is 289 g/mol. The third kappa shape index (κ3) is 2.59. The number of fused-ring (bicyclic) bond motifs is 1. The van der Waals surface area contributed by atoms with Crippen LogP contribution in [0, 0.1) is 12.7 Å². The minimum atomic E-state index is -0.261. The summed E-state index contributed by atoms with van der Waals surface area (Å²) in [6, 6.07) is 8.73. The smallest absolute Gasteiger partial charge is 0.231 e. The minimum absolute atomic E-state index is 0.189. The maximum Gasteiger partial charge on any atom is 0.231 e. The van der Waals surface area contributed by atoms with Gasteiger partial charge >= 0.3 is 0 Å². The van der Waals surface area contributed by atoms with E-state index >= 15 is 0 Å². The molecule has 2 aromatic carbocycles. The number of aryl methyl sites for hydroxylation is 1. The SMILES string of the molecule is COc1cc(CNc2c(C)cccc2F)cc2c1OCO2. The minimum Gasteiger partial charge on any atom is -0.493 e. The molecule has 0 bridgehead atoms. The Bertz CT molecular complexity index is 653. The van der Waals surface area contributed by atoms with Crippen molar-refractivity contribution in [1.29, 1.82) is 0 Å². The lowest BCUT2D eigenvalue weighted by atomic mass is 10.1. The van der Waals surface area contributed by atoms with E-state index in [9.17, 15) is 4.39 Å².